The number of carboxylic acids is 1. The van der Waals surface area contributed by atoms with Crippen LogP contribution in [0.4, 0.5) is 17.1 Å². The van der Waals surface area contributed by atoms with Gasteiger partial charge in [-0.1, -0.05) is 13.8 Å². The summed E-state index contributed by atoms with van der Waals surface area (Å²) in [5.74, 6) is -1.34. The first kappa shape index (κ1) is 18.3. The number of benzene rings is 1. The third-order valence-corrected chi connectivity index (χ3v) is 4.59. The van der Waals surface area contributed by atoms with E-state index in [1.165, 1.54) is 6.07 Å². The molecule has 134 valence electrons. The van der Waals surface area contributed by atoms with Gasteiger partial charge in [-0.2, -0.15) is 5.10 Å². The highest BCUT2D eigenvalue weighted by Crippen LogP contribution is 2.60. The second kappa shape index (κ2) is 6.46. The first-order chi connectivity index (χ1) is 11.6. The van der Waals surface area contributed by atoms with E-state index in [2.05, 4.69) is 10.5 Å². The van der Waals surface area contributed by atoms with Crippen LogP contribution in [0.1, 0.15) is 27.2 Å². The summed E-state index contributed by atoms with van der Waals surface area (Å²) in [5.41, 5.74) is 2.00. The third-order valence-electron chi connectivity index (χ3n) is 4.59. The summed E-state index contributed by atoms with van der Waals surface area (Å²) in [5, 5.41) is 35.0. The third kappa shape index (κ3) is 3.73. The zero-order valence-corrected chi connectivity index (χ0v) is 13.9. The number of rotatable bonds is 7. The molecule has 0 saturated heterocycles. The fourth-order valence-corrected chi connectivity index (χ4v) is 3.01. The number of nitro groups is 2. The predicted octanol–water partition coefficient (Wildman–Crippen LogP) is 3.04. The molecule has 1 saturated carbocycles. The summed E-state index contributed by atoms with van der Waals surface area (Å²) in [6.07, 6.45) is 0.442. The van der Waals surface area contributed by atoms with E-state index in [9.17, 15) is 25.0 Å². The molecule has 0 bridgehead atoms. The van der Waals surface area contributed by atoms with Gasteiger partial charge in [-0.25, -0.2) is 0 Å². The van der Waals surface area contributed by atoms with Crippen molar-refractivity contribution in [3.05, 3.63) is 38.4 Å². The number of non-ortho nitro benzene ring substituents is 1. The van der Waals surface area contributed by atoms with Crippen LogP contribution in [0.3, 0.4) is 0 Å². The molecular weight excluding hydrogens is 332 g/mol. The number of nitrogens with one attached hydrogen (secondary N) is 1. The Bertz CT molecular complexity index is 773. The first-order valence-corrected chi connectivity index (χ1v) is 7.50. The smallest absolute Gasteiger partial charge is 0.307 e. The van der Waals surface area contributed by atoms with Crippen molar-refractivity contribution in [2.45, 2.75) is 27.2 Å². The first-order valence-electron chi connectivity index (χ1n) is 7.50. The highest BCUT2D eigenvalue weighted by molar-refractivity contribution is 5.86. The van der Waals surface area contributed by atoms with Gasteiger partial charge in [0.05, 0.1) is 21.8 Å². The van der Waals surface area contributed by atoms with Gasteiger partial charge in [0.1, 0.15) is 5.69 Å². The maximum absolute atomic E-state index is 11.2. The van der Waals surface area contributed by atoms with Gasteiger partial charge < -0.3 is 5.11 Å². The van der Waals surface area contributed by atoms with Crippen molar-refractivity contribution >= 4 is 28.7 Å². The Hall–Kier alpha value is -3.04. The number of aliphatic carboxylic acids is 1. The minimum absolute atomic E-state index is 0.0276. The van der Waals surface area contributed by atoms with E-state index in [0.29, 0.717) is 12.1 Å². The Morgan fingerprint density at radius 2 is 1.96 bits per heavy atom. The number of nitro benzene ring substituents is 2. The minimum Gasteiger partial charge on any atom is -0.481 e. The molecule has 0 aliphatic heterocycles. The second-order valence-corrected chi connectivity index (χ2v) is 6.62. The topological polar surface area (TPSA) is 148 Å². The fraction of sp³-hybridized carbons (Fsp3) is 0.467. The van der Waals surface area contributed by atoms with Crippen molar-refractivity contribution in [3.8, 4) is 0 Å². The number of hydrogen-bond donors (Lipinski definition) is 2. The van der Waals surface area contributed by atoms with Gasteiger partial charge in [0, 0.05) is 11.8 Å². The molecule has 10 heteroatoms. The number of hydrogen-bond acceptors (Lipinski definition) is 7. The largest absolute Gasteiger partial charge is 0.481 e. The van der Waals surface area contributed by atoms with Crippen LogP contribution in [0.15, 0.2) is 23.3 Å². The molecule has 1 fully saturated rings. The maximum Gasteiger partial charge on any atom is 0.307 e. The van der Waals surface area contributed by atoms with Gasteiger partial charge in [0.25, 0.3) is 5.69 Å². The number of carbonyl (C=O) groups is 1. The predicted molar refractivity (Wildman–Crippen MR) is 89.5 cm³/mol. The van der Waals surface area contributed by atoms with Gasteiger partial charge in [-0.3, -0.25) is 30.4 Å². The number of hydrazone groups is 1. The van der Waals surface area contributed by atoms with Crippen LogP contribution in [0.5, 0.6) is 0 Å². The summed E-state index contributed by atoms with van der Waals surface area (Å²) in [6, 6.07) is 3.22. The Morgan fingerprint density at radius 3 is 2.44 bits per heavy atom. The molecule has 0 spiro atoms. The molecule has 1 aliphatic rings. The average Bonchev–Trinajstić information content (AvgIpc) is 3.05. The summed E-state index contributed by atoms with van der Waals surface area (Å²) in [4.78, 5) is 31.5. The molecule has 25 heavy (non-hydrogen) atoms. The molecule has 0 aromatic heterocycles. The fourth-order valence-electron chi connectivity index (χ4n) is 3.01. The lowest BCUT2D eigenvalue weighted by atomic mass is 10.1. The molecule has 0 amide bonds. The summed E-state index contributed by atoms with van der Waals surface area (Å²) >= 11 is 0. The van der Waals surface area contributed by atoms with Crippen LogP contribution in [0.25, 0.3) is 0 Å². The number of carboxylic acid groups (broad SMARTS) is 1. The van der Waals surface area contributed by atoms with E-state index in [0.717, 1.165) is 12.1 Å². The van der Waals surface area contributed by atoms with Crippen molar-refractivity contribution in [1.29, 1.82) is 0 Å². The number of nitrogens with zero attached hydrogens (tertiary/aromatic N) is 3. The van der Waals surface area contributed by atoms with Gasteiger partial charge in [-0.05, 0) is 30.7 Å². The van der Waals surface area contributed by atoms with Gasteiger partial charge in [-0.15, -0.1) is 0 Å². The molecule has 1 aromatic carbocycles. The van der Waals surface area contributed by atoms with E-state index < -0.39 is 27.4 Å². The monoisotopic (exact) mass is 350 g/mol. The SMILES string of the molecule is CC(C[C@H]1[C@@H](C(=O)O)C1(C)C)=NNc1ccc([N+](=O)[O-])cc1[N+](=O)[O-]. The van der Waals surface area contributed by atoms with Crippen molar-refractivity contribution in [1.82, 2.24) is 0 Å². The normalized spacial score (nSPS) is 21.5. The van der Waals surface area contributed by atoms with Gasteiger partial charge >= 0.3 is 11.7 Å². The van der Waals surface area contributed by atoms with E-state index >= 15 is 0 Å². The van der Waals surface area contributed by atoms with Crippen molar-refractivity contribution in [2.24, 2.45) is 22.4 Å². The van der Waals surface area contributed by atoms with Crippen LogP contribution < -0.4 is 5.43 Å². The molecule has 0 unspecified atom stereocenters. The maximum atomic E-state index is 11.2. The summed E-state index contributed by atoms with van der Waals surface area (Å²) in [6.45, 7) is 5.44. The Balaban J connectivity index is 2.12. The van der Waals surface area contributed by atoms with Crippen LogP contribution in [-0.2, 0) is 4.79 Å². The van der Waals surface area contributed by atoms with Crippen LogP contribution in [0, 0.1) is 37.5 Å². The lowest BCUT2D eigenvalue weighted by Gasteiger charge is -2.05. The summed E-state index contributed by atoms with van der Waals surface area (Å²) < 4.78 is 0. The van der Waals surface area contributed by atoms with Gasteiger partial charge in [0.2, 0.25) is 0 Å². The second-order valence-electron chi connectivity index (χ2n) is 6.62. The Labute approximate surface area is 142 Å². The number of anilines is 1. The zero-order chi connectivity index (χ0) is 18.9. The average molecular weight is 350 g/mol. The lowest BCUT2D eigenvalue weighted by Crippen LogP contribution is -2.05. The molecule has 0 heterocycles. The van der Waals surface area contributed by atoms with Crippen LogP contribution >= 0.6 is 0 Å². The van der Waals surface area contributed by atoms with E-state index in [1.807, 2.05) is 13.8 Å². The Morgan fingerprint density at radius 1 is 1.32 bits per heavy atom. The molecular formula is C15H18N4O6. The highest BCUT2D eigenvalue weighted by atomic mass is 16.6. The molecule has 2 atom stereocenters. The van der Waals surface area contributed by atoms with Crippen molar-refractivity contribution in [3.63, 3.8) is 0 Å². The van der Waals surface area contributed by atoms with Crippen molar-refractivity contribution < 1.29 is 19.7 Å². The van der Waals surface area contributed by atoms with Crippen LogP contribution in [-0.4, -0.2) is 26.6 Å². The molecule has 0 radical (unpaired) electrons. The molecule has 1 aliphatic carbocycles. The van der Waals surface area contributed by atoms with Crippen molar-refractivity contribution in [2.75, 3.05) is 5.43 Å². The lowest BCUT2D eigenvalue weighted by molar-refractivity contribution is -0.393. The highest BCUT2D eigenvalue weighted by Gasteiger charge is 2.61. The van der Waals surface area contributed by atoms with E-state index in [-0.39, 0.29) is 22.7 Å². The molecule has 2 N–H and O–H groups in total. The van der Waals surface area contributed by atoms with E-state index in [4.69, 9.17) is 5.11 Å². The van der Waals surface area contributed by atoms with Gasteiger partial charge in [0.15, 0.2) is 0 Å². The summed E-state index contributed by atoms with van der Waals surface area (Å²) in [7, 11) is 0. The van der Waals surface area contributed by atoms with E-state index in [1.54, 1.807) is 6.92 Å². The quantitative estimate of drug-likeness (QED) is 0.436. The minimum atomic E-state index is -0.846. The molecule has 2 rings (SSSR count). The zero-order valence-electron chi connectivity index (χ0n) is 13.9. The Kier molecular flexibility index (Phi) is 4.73. The standard InChI is InChI=1S/C15H18N4O6/c1-8(6-10-13(14(20)21)15(10,2)3)16-17-11-5-4-9(18(22)23)7-12(11)19(24)25/h4-5,7,10,13,17H,6H2,1-3H3,(H,20,21)/t10-,13-/m0/s1. The molecule has 1 aromatic rings. The van der Waals surface area contributed by atoms with Crippen LogP contribution in [0.2, 0.25) is 0 Å². The molecule has 10 nitrogen and oxygen atoms in total.